The van der Waals surface area contributed by atoms with Crippen LogP contribution < -0.4 is 0 Å². The van der Waals surface area contributed by atoms with Crippen molar-refractivity contribution in [2.45, 2.75) is 5.25 Å². The summed E-state index contributed by atoms with van der Waals surface area (Å²) in [7, 11) is 0. The van der Waals surface area contributed by atoms with E-state index < -0.39 is 0 Å². The SMILES string of the molecule is [CH2]c1csc(C2COCCS2)c1. The molecule has 1 unspecified atom stereocenters. The van der Waals surface area contributed by atoms with Gasteiger partial charge in [0.05, 0.1) is 18.5 Å². The van der Waals surface area contributed by atoms with Crippen molar-refractivity contribution >= 4 is 23.1 Å². The molecular weight excluding hydrogens is 188 g/mol. The van der Waals surface area contributed by atoms with Gasteiger partial charge >= 0.3 is 0 Å². The molecule has 0 spiro atoms. The Kier molecular flexibility index (Phi) is 2.73. The molecule has 3 heteroatoms. The molecule has 1 aliphatic rings. The summed E-state index contributed by atoms with van der Waals surface area (Å²) in [6.07, 6.45) is 0. The van der Waals surface area contributed by atoms with Crippen LogP contribution in [0.5, 0.6) is 0 Å². The molecule has 0 amide bonds. The number of thiophene rings is 1. The molecule has 1 saturated heterocycles. The van der Waals surface area contributed by atoms with Crippen molar-refractivity contribution in [1.29, 1.82) is 0 Å². The highest BCUT2D eigenvalue weighted by Crippen LogP contribution is 2.35. The number of ether oxygens (including phenoxy) is 1. The Morgan fingerprint density at radius 2 is 2.50 bits per heavy atom. The molecule has 65 valence electrons. The van der Waals surface area contributed by atoms with Crippen molar-refractivity contribution < 1.29 is 4.74 Å². The van der Waals surface area contributed by atoms with E-state index in [9.17, 15) is 0 Å². The van der Waals surface area contributed by atoms with Crippen molar-refractivity contribution in [2.24, 2.45) is 0 Å². The second-order valence-electron chi connectivity index (χ2n) is 2.79. The fourth-order valence-corrected chi connectivity index (χ4v) is 3.30. The lowest BCUT2D eigenvalue weighted by Crippen LogP contribution is -2.13. The summed E-state index contributed by atoms with van der Waals surface area (Å²) in [6.45, 7) is 5.67. The van der Waals surface area contributed by atoms with Gasteiger partial charge in [-0.05, 0) is 23.9 Å². The molecule has 12 heavy (non-hydrogen) atoms. The summed E-state index contributed by atoms with van der Waals surface area (Å²) in [6, 6.07) is 2.16. The number of hydrogen-bond donors (Lipinski definition) is 0. The van der Waals surface area contributed by atoms with Gasteiger partial charge < -0.3 is 4.74 Å². The van der Waals surface area contributed by atoms with Gasteiger partial charge in [-0.2, -0.15) is 0 Å². The average Bonchev–Trinajstić information content (AvgIpc) is 2.54. The van der Waals surface area contributed by atoms with Crippen LogP contribution in [0.3, 0.4) is 0 Å². The monoisotopic (exact) mass is 199 g/mol. The van der Waals surface area contributed by atoms with Crippen molar-refractivity contribution in [2.75, 3.05) is 19.0 Å². The van der Waals surface area contributed by atoms with Crippen LogP contribution in [0, 0.1) is 6.92 Å². The lowest BCUT2D eigenvalue weighted by molar-refractivity contribution is 0.144. The van der Waals surface area contributed by atoms with Crippen LogP contribution in [0.4, 0.5) is 0 Å². The molecule has 1 aliphatic heterocycles. The molecule has 0 aromatic carbocycles. The third-order valence-corrected chi connectivity index (χ3v) is 4.25. The molecule has 1 fully saturated rings. The number of rotatable bonds is 1. The molecule has 0 saturated carbocycles. The van der Waals surface area contributed by atoms with Crippen LogP contribution in [-0.4, -0.2) is 19.0 Å². The largest absolute Gasteiger partial charge is 0.379 e. The third-order valence-electron chi connectivity index (χ3n) is 1.81. The second kappa shape index (κ2) is 3.81. The Hall–Kier alpha value is 0.01000. The van der Waals surface area contributed by atoms with Crippen molar-refractivity contribution in [1.82, 2.24) is 0 Å². The van der Waals surface area contributed by atoms with Gasteiger partial charge in [0.1, 0.15) is 0 Å². The molecule has 1 nitrogen and oxygen atoms in total. The molecule has 1 aromatic heterocycles. The zero-order chi connectivity index (χ0) is 8.39. The first kappa shape index (κ1) is 8.60. The predicted molar refractivity (Wildman–Crippen MR) is 54.8 cm³/mol. The minimum absolute atomic E-state index is 0.555. The van der Waals surface area contributed by atoms with Gasteiger partial charge in [0, 0.05) is 10.6 Å². The maximum atomic E-state index is 5.41. The van der Waals surface area contributed by atoms with Crippen molar-refractivity contribution in [3.05, 3.63) is 28.8 Å². The first-order valence-electron chi connectivity index (χ1n) is 3.96. The van der Waals surface area contributed by atoms with E-state index in [2.05, 4.69) is 18.4 Å². The van der Waals surface area contributed by atoms with Crippen LogP contribution in [-0.2, 0) is 4.74 Å². The first-order chi connectivity index (χ1) is 5.86. The maximum Gasteiger partial charge on any atom is 0.0634 e. The number of thioether (sulfide) groups is 1. The molecule has 2 rings (SSSR count). The quantitative estimate of drug-likeness (QED) is 0.688. The Morgan fingerprint density at radius 3 is 3.08 bits per heavy atom. The van der Waals surface area contributed by atoms with Crippen LogP contribution in [0.25, 0.3) is 0 Å². The summed E-state index contributed by atoms with van der Waals surface area (Å²) in [5, 5.41) is 2.66. The number of hydrogen-bond acceptors (Lipinski definition) is 3. The van der Waals surface area contributed by atoms with E-state index in [-0.39, 0.29) is 0 Å². The summed E-state index contributed by atoms with van der Waals surface area (Å²) in [4.78, 5) is 1.41. The van der Waals surface area contributed by atoms with E-state index in [0.29, 0.717) is 5.25 Å². The fraction of sp³-hybridized carbons (Fsp3) is 0.444. The molecule has 1 aromatic rings. The molecule has 0 aliphatic carbocycles. The van der Waals surface area contributed by atoms with Crippen molar-refractivity contribution in [3.63, 3.8) is 0 Å². The van der Waals surface area contributed by atoms with Gasteiger partial charge in [0.15, 0.2) is 0 Å². The van der Waals surface area contributed by atoms with E-state index >= 15 is 0 Å². The summed E-state index contributed by atoms with van der Waals surface area (Å²) in [5.74, 6) is 1.12. The highest BCUT2D eigenvalue weighted by atomic mass is 32.2. The normalized spacial score (nSPS) is 24.2. The summed E-state index contributed by atoms with van der Waals surface area (Å²) >= 11 is 3.78. The van der Waals surface area contributed by atoms with Crippen LogP contribution in [0.2, 0.25) is 0 Å². The van der Waals surface area contributed by atoms with Gasteiger partial charge in [-0.3, -0.25) is 0 Å². The minimum Gasteiger partial charge on any atom is -0.379 e. The zero-order valence-electron chi connectivity index (χ0n) is 6.79. The Morgan fingerprint density at radius 1 is 1.58 bits per heavy atom. The minimum atomic E-state index is 0.555. The van der Waals surface area contributed by atoms with E-state index in [1.165, 1.54) is 4.88 Å². The lowest BCUT2D eigenvalue weighted by atomic mass is 10.3. The summed E-state index contributed by atoms with van der Waals surface area (Å²) in [5.41, 5.74) is 1.13. The van der Waals surface area contributed by atoms with E-state index in [1.807, 2.05) is 11.8 Å². The van der Waals surface area contributed by atoms with E-state index in [0.717, 1.165) is 24.5 Å². The van der Waals surface area contributed by atoms with Crippen LogP contribution in [0.15, 0.2) is 11.4 Å². The van der Waals surface area contributed by atoms with Crippen LogP contribution in [0.1, 0.15) is 15.7 Å². The fourth-order valence-electron chi connectivity index (χ4n) is 1.22. The molecule has 0 bridgehead atoms. The maximum absolute atomic E-state index is 5.41. The van der Waals surface area contributed by atoms with E-state index in [4.69, 9.17) is 4.74 Å². The lowest BCUT2D eigenvalue weighted by Gasteiger charge is -2.20. The molecule has 2 heterocycles. The van der Waals surface area contributed by atoms with Crippen LogP contribution >= 0.6 is 23.1 Å². The molecule has 0 N–H and O–H groups in total. The predicted octanol–water partition coefficient (Wildman–Crippen LogP) is 2.73. The van der Waals surface area contributed by atoms with Gasteiger partial charge in [-0.25, -0.2) is 0 Å². The van der Waals surface area contributed by atoms with Gasteiger partial charge in [-0.1, -0.05) is 0 Å². The third kappa shape index (κ3) is 1.84. The first-order valence-corrected chi connectivity index (χ1v) is 5.89. The van der Waals surface area contributed by atoms with Gasteiger partial charge in [0.25, 0.3) is 0 Å². The average molecular weight is 199 g/mol. The Balaban J connectivity index is 2.08. The smallest absolute Gasteiger partial charge is 0.0634 e. The molecular formula is C9H11OS2. The zero-order valence-corrected chi connectivity index (χ0v) is 8.42. The molecule has 1 radical (unpaired) electrons. The Labute approximate surface area is 81.1 Å². The highest BCUT2D eigenvalue weighted by molar-refractivity contribution is 7.99. The Bertz CT molecular complexity index is 251. The molecule has 1 atom stereocenters. The second-order valence-corrected chi connectivity index (χ2v) is 5.05. The summed E-state index contributed by atoms with van der Waals surface area (Å²) < 4.78 is 5.41. The highest BCUT2D eigenvalue weighted by Gasteiger charge is 2.17. The van der Waals surface area contributed by atoms with Gasteiger partial charge in [-0.15, -0.1) is 23.1 Å². The van der Waals surface area contributed by atoms with E-state index in [1.54, 1.807) is 11.3 Å². The van der Waals surface area contributed by atoms with Gasteiger partial charge in [0.2, 0.25) is 0 Å². The van der Waals surface area contributed by atoms with Crippen molar-refractivity contribution in [3.8, 4) is 0 Å². The standard InChI is InChI=1S/C9H11OS2/c1-7-4-8(12-6-7)9-5-10-2-3-11-9/h4,6,9H,1-3,5H2. The topological polar surface area (TPSA) is 9.23 Å².